The molecule has 2 rings (SSSR count). The van der Waals surface area contributed by atoms with Crippen molar-refractivity contribution in [3.8, 4) is 0 Å². The summed E-state index contributed by atoms with van der Waals surface area (Å²) >= 11 is 1.45. The van der Waals surface area contributed by atoms with E-state index in [4.69, 9.17) is 5.11 Å². The minimum Gasteiger partial charge on any atom is -0.392 e. The van der Waals surface area contributed by atoms with E-state index in [0.29, 0.717) is 17.0 Å². The number of amides is 2. The largest absolute Gasteiger partial charge is 0.392 e. The Bertz CT molecular complexity index is 488. The second-order valence-corrected chi connectivity index (χ2v) is 5.12. The number of fused-ring (bicyclic) bond motifs is 1. The van der Waals surface area contributed by atoms with E-state index in [9.17, 15) is 9.59 Å². The third kappa shape index (κ3) is 3.02. The number of rotatable bonds is 3. The van der Waals surface area contributed by atoms with Gasteiger partial charge in [0.25, 0.3) is 5.91 Å². The van der Waals surface area contributed by atoms with Crippen LogP contribution in [-0.4, -0.2) is 35.3 Å². The number of hydrogen-bond donors (Lipinski definition) is 3. The molecule has 1 heterocycles. The molecule has 0 saturated heterocycles. The van der Waals surface area contributed by atoms with E-state index in [2.05, 4.69) is 10.6 Å². The molecule has 1 aromatic rings. The van der Waals surface area contributed by atoms with Gasteiger partial charge in [0.2, 0.25) is 5.91 Å². The van der Waals surface area contributed by atoms with Crippen LogP contribution in [0.3, 0.4) is 0 Å². The molecule has 1 aliphatic rings. The van der Waals surface area contributed by atoms with Gasteiger partial charge in [0.05, 0.1) is 17.5 Å². The highest BCUT2D eigenvalue weighted by molar-refractivity contribution is 8.00. The molecule has 96 valence electrons. The summed E-state index contributed by atoms with van der Waals surface area (Å²) in [6, 6.07) is 5.17. The molecular weight excluding hydrogens is 252 g/mol. The second kappa shape index (κ2) is 5.41. The van der Waals surface area contributed by atoms with Crippen LogP contribution < -0.4 is 10.6 Å². The lowest BCUT2D eigenvalue weighted by Gasteiger charge is -2.17. The number of hydrogen-bond acceptors (Lipinski definition) is 4. The van der Waals surface area contributed by atoms with Gasteiger partial charge in [-0.1, -0.05) is 0 Å². The Labute approximate surface area is 109 Å². The molecule has 18 heavy (non-hydrogen) atoms. The van der Waals surface area contributed by atoms with Gasteiger partial charge < -0.3 is 15.7 Å². The third-order valence-corrected chi connectivity index (χ3v) is 3.51. The van der Waals surface area contributed by atoms with Crippen LogP contribution in [0.2, 0.25) is 0 Å². The normalized spacial score (nSPS) is 15.6. The molecule has 0 saturated carbocycles. The van der Waals surface area contributed by atoms with Crippen LogP contribution in [0, 0.1) is 0 Å². The van der Waals surface area contributed by atoms with E-state index >= 15 is 0 Å². The molecule has 5 nitrogen and oxygen atoms in total. The average molecular weight is 266 g/mol. The van der Waals surface area contributed by atoms with Gasteiger partial charge in [-0.2, -0.15) is 0 Å². The number of thioether (sulfide) groups is 1. The molecule has 6 heteroatoms. The molecule has 0 aliphatic carbocycles. The van der Waals surface area contributed by atoms with Gasteiger partial charge >= 0.3 is 0 Å². The summed E-state index contributed by atoms with van der Waals surface area (Å²) in [4.78, 5) is 24.0. The predicted octanol–water partition coefficient (Wildman–Crippen LogP) is 0.841. The number of anilines is 1. The van der Waals surface area contributed by atoms with Crippen molar-refractivity contribution in [2.45, 2.75) is 17.9 Å². The summed E-state index contributed by atoms with van der Waals surface area (Å²) in [6.45, 7) is 1.81. The SMILES string of the molecule is CC(O)CNC(=O)c1ccc2c(c1)NC(=O)CS2. The van der Waals surface area contributed by atoms with Crippen molar-refractivity contribution in [2.75, 3.05) is 17.6 Å². The summed E-state index contributed by atoms with van der Waals surface area (Å²) in [7, 11) is 0. The molecule has 2 amide bonds. The zero-order valence-corrected chi connectivity index (χ0v) is 10.7. The van der Waals surface area contributed by atoms with E-state index in [-0.39, 0.29) is 18.4 Å². The molecule has 3 N–H and O–H groups in total. The monoisotopic (exact) mass is 266 g/mol. The number of carbonyl (C=O) groups excluding carboxylic acids is 2. The van der Waals surface area contributed by atoms with Gasteiger partial charge in [0.15, 0.2) is 0 Å². The third-order valence-electron chi connectivity index (χ3n) is 2.43. The number of aliphatic hydroxyl groups is 1. The van der Waals surface area contributed by atoms with E-state index < -0.39 is 6.10 Å². The maximum absolute atomic E-state index is 11.8. The van der Waals surface area contributed by atoms with E-state index in [0.717, 1.165) is 4.90 Å². The maximum atomic E-state index is 11.8. The summed E-state index contributed by atoms with van der Waals surface area (Å²) < 4.78 is 0. The maximum Gasteiger partial charge on any atom is 0.251 e. The minimum absolute atomic E-state index is 0.0611. The van der Waals surface area contributed by atoms with Gasteiger partial charge in [-0.15, -0.1) is 11.8 Å². The van der Waals surface area contributed by atoms with Gasteiger partial charge in [-0.05, 0) is 25.1 Å². The van der Waals surface area contributed by atoms with Crippen LogP contribution in [-0.2, 0) is 4.79 Å². The molecule has 1 aromatic carbocycles. The molecule has 0 radical (unpaired) electrons. The van der Waals surface area contributed by atoms with Crippen LogP contribution in [0.1, 0.15) is 17.3 Å². The molecule has 0 spiro atoms. The summed E-state index contributed by atoms with van der Waals surface area (Å²) in [5.41, 5.74) is 1.14. The Morgan fingerprint density at radius 3 is 3.11 bits per heavy atom. The summed E-state index contributed by atoms with van der Waals surface area (Å²) in [6.07, 6.45) is -0.582. The molecule has 0 aromatic heterocycles. The van der Waals surface area contributed by atoms with Crippen molar-refractivity contribution in [3.63, 3.8) is 0 Å². The predicted molar refractivity (Wildman–Crippen MR) is 69.8 cm³/mol. The Kier molecular flexibility index (Phi) is 3.88. The van der Waals surface area contributed by atoms with Gasteiger partial charge in [-0.3, -0.25) is 9.59 Å². The molecule has 0 fully saturated rings. The van der Waals surface area contributed by atoms with Crippen molar-refractivity contribution in [3.05, 3.63) is 23.8 Å². The number of carbonyl (C=O) groups is 2. The van der Waals surface area contributed by atoms with Crippen LogP contribution in [0.5, 0.6) is 0 Å². The molecule has 0 bridgehead atoms. The Morgan fingerprint density at radius 1 is 1.61 bits per heavy atom. The van der Waals surface area contributed by atoms with Gasteiger partial charge in [0, 0.05) is 17.0 Å². The highest BCUT2D eigenvalue weighted by Gasteiger charge is 2.17. The lowest BCUT2D eigenvalue weighted by Crippen LogP contribution is -2.30. The van der Waals surface area contributed by atoms with Crippen LogP contribution in [0.4, 0.5) is 5.69 Å². The first-order valence-corrected chi connectivity index (χ1v) is 6.58. The van der Waals surface area contributed by atoms with Gasteiger partial charge in [0.1, 0.15) is 0 Å². The van der Waals surface area contributed by atoms with Crippen LogP contribution >= 0.6 is 11.8 Å². The Morgan fingerprint density at radius 2 is 2.39 bits per heavy atom. The van der Waals surface area contributed by atoms with Crippen molar-refractivity contribution >= 4 is 29.3 Å². The molecule has 1 atom stereocenters. The highest BCUT2D eigenvalue weighted by Crippen LogP contribution is 2.31. The fourth-order valence-corrected chi connectivity index (χ4v) is 2.36. The first-order valence-electron chi connectivity index (χ1n) is 5.59. The standard InChI is InChI=1S/C12H14N2O3S/c1-7(15)5-13-12(17)8-2-3-10-9(4-8)14-11(16)6-18-10/h2-4,7,15H,5-6H2,1H3,(H,13,17)(H,14,16). The smallest absolute Gasteiger partial charge is 0.251 e. The fraction of sp³-hybridized carbons (Fsp3) is 0.333. The average Bonchev–Trinajstić information content (AvgIpc) is 2.34. The van der Waals surface area contributed by atoms with Crippen molar-refractivity contribution in [1.82, 2.24) is 5.32 Å². The fourth-order valence-electron chi connectivity index (χ4n) is 1.57. The first kappa shape index (κ1) is 12.9. The van der Waals surface area contributed by atoms with E-state index in [1.807, 2.05) is 6.07 Å². The zero-order valence-electron chi connectivity index (χ0n) is 9.90. The van der Waals surface area contributed by atoms with Crippen molar-refractivity contribution in [2.24, 2.45) is 0 Å². The molecule has 1 aliphatic heterocycles. The quantitative estimate of drug-likeness (QED) is 0.757. The Balaban J connectivity index is 2.13. The molecular formula is C12H14N2O3S. The second-order valence-electron chi connectivity index (χ2n) is 4.11. The Hall–Kier alpha value is -1.53. The number of nitrogens with one attached hydrogen (secondary N) is 2. The van der Waals surface area contributed by atoms with Crippen LogP contribution in [0.25, 0.3) is 0 Å². The molecule has 1 unspecified atom stereocenters. The summed E-state index contributed by atoms with van der Waals surface area (Å²) in [5.74, 6) is 0.0816. The minimum atomic E-state index is -0.582. The van der Waals surface area contributed by atoms with E-state index in [1.165, 1.54) is 11.8 Å². The topological polar surface area (TPSA) is 78.4 Å². The lowest BCUT2D eigenvalue weighted by atomic mass is 10.2. The van der Waals surface area contributed by atoms with Crippen LogP contribution in [0.15, 0.2) is 23.1 Å². The number of aliphatic hydroxyl groups excluding tert-OH is 1. The summed E-state index contributed by atoms with van der Waals surface area (Å²) in [5, 5.41) is 14.4. The first-order chi connectivity index (χ1) is 8.56. The van der Waals surface area contributed by atoms with Crippen molar-refractivity contribution < 1.29 is 14.7 Å². The zero-order chi connectivity index (χ0) is 13.1. The van der Waals surface area contributed by atoms with Crippen molar-refractivity contribution in [1.29, 1.82) is 0 Å². The highest BCUT2D eigenvalue weighted by atomic mass is 32.2. The lowest BCUT2D eigenvalue weighted by molar-refractivity contribution is -0.113. The number of benzene rings is 1. The van der Waals surface area contributed by atoms with E-state index in [1.54, 1.807) is 19.1 Å². The van der Waals surface area contributed by atoms with Gasteiger partial charge in [-0.25, -0.2) is 0 Å².